The Morgan fingerprint density at radius 3 is 2.90 bits per heavy atom. The van der Waals surface area contributed by atoms with Crippen LogP contribution in [0.3, 0.4) is 0 Å². The number of rotatable bonds is 6. The van der Waals surface area contributed by atoms with E-state index >= 15 is 0 Å². The summed E-state index contributed by atoms with van der Waals surface area (Å²) in [7, 11) is 0. The van der Waals surface area contributed by atoms with Gasteiger partial charge in [-0.1, -0.05) is 30.7 Å². The van der Waals surface area contributed by atoms with Gasteiger partial charge in [0.25, 0.3) is 0 Å². The number of hydrogen-bond donors (Lipinski definition) is 1. The molecule has 0 saturated carbocycles. The monoisotopic (exact) mass is 308 g/mol. The number of benzene rings is 1. The van der Waals surface area contributed by atoms with Gasteiger partial charge in [0.05, 0.1) is 0 Å². The molecule has 0 fully saturated rings. The van der Waals surface area contributed by atoms with Gasteiger partial charge in [-0.15, -0.1) is 0 Å². The fraction of sp³-hybridized carbons (Fsp3) is 0.312. The maximum absolute atomic E-state index is 13.9. The first kappa shape index (κ1) is 15.7. The summed E-state index contributed by atoms with van der Waals surface area (Å²) in [5.41, 5.74) is 1.48. The van der Waals surface area contributed by atoms with Crippen LogP contribution >= 0.6 is 11.6 Å². The Balaban J connectivity index is 2.12. The number of aromatic nitrogens is 1. The molecule has 112 valence electrons. The third-order valence-electron chi connectivity index (χ3n) is 2.98. The molecule has 0 amide bonds. The summed E-state index contributed by atoms with van der Waals surface area (Å²) in [6, 6.07) is 6.74. The summed E-state index contributed by atoms with van der Waals surface area (Å²) < 4.78 is 19.4. The molecular weight excluding hydrogens is 291 g/mol. The summed E-state index contributed by atoms with van der Waals surface area (Å²) >= 11 is 6.15. The van der Waals surface area contributed by atoms with E-state index in [1.165, 1.54) is 0 Å². The first-order chi connectivity index (χ1) is 10.1. The lowest BCUT2D eigenvalue weighted by molar-refractivity contribution is 0.425. The van der Waals surface area contributed by atoms with Crippen molar-refractivity contribution in [2.45, 2.75) is 26.8 Å². The van der Waals surface area contributed by atoms with Crippen LogP contribution in [0.4, 0.5) is 4.39 Å². The van der Waals surface area contributed by atoms with Crippen LogP contribution in [0.2, 0.25) is 5.02 Å². The average Bonchev–Trinajstić information content (AvgIpc) is 2.47. The maximum atomic E-state index is 13.9. The van der Waals surface area contributed by atoms with Crippen molar-refractivity contribution in [2.75, 3.05) is 6.54 Å². The average molecular weight is 309 g/mol. The minimum atomic E-state index is -0.399. The Labute approximate surface area is 129 Å². The van der Waals surface area contributed by atoms with Crippen LogP contribution in [0, 0.1) is 12.7 Å². The normalized spacial score (nSPS) is 10.7. The molecule has 0 bridgehead atoms. The minimum absolute atomic E-state index is 0.126. The van der Waals surface area contributed by atoms with Crippen LogP contribution in [-0.2, 0) is 6.54 Å². The Bertz CT molecular complexity index is 619. The molecule has 0 saturated heterocycles. The van der Waals surface area contributed by atoms with Gasteiger partial charge in [-0.05, 0) is 43.1 Å². The first-order valence-electron chi connectivity index (χ1n) is 6.90. The van der Waals surface area contributed by atoms with E-state index in [1.807, 2.05) is 0 Å². The zero-order valence-electron chi connectivity index (χ0n) is 12.1. The van der Waals surface area contributed by atoms with Gasteiger partial charge in [-0.2, -0.15) is 0 Å². The second kappa shape index (κ2) is 7.38. The lowest BCUT2D eigenvalue weighted by Gasteiger charge is -2.10. The molecule has 0 atom stereocenters. The van der Waals surface area contributed by atoms with E-state index in [4.69, 9.17) is 16.3 Å². The second-order valence-electron chi connectivity index (χ2n) is 4.80. The number of hydrogen-bond acceptors (Lipinski definition) is 3. The smallest absolute Gasteiger partial charge is 0.238 e. The predicted molar refractivity (Wildman–Crippen MR) is 82.5 cm³/mol. The summed E-state index contributed by atoms with van der Waals surface area (Å²) in [6.07, 6.45) is 2.74. The number of halogens is 2. The SMILES string of the molecule is CCCNCc1cnc(Oc2cccc(C)c2F)c(Cl)c1. The summed E-state index contributed by atoms with van der Waals surface area (Å²) in [5, 5.41) is 3.63. The standard InChI is InChI=1S/C16H18ClFN2O/c1-3-7-19-9-12-8-13(17)16(20-10-12)21-14-6-4-5-11(2)15(14)18/h4-6,8,10,19H,3,7,9H2,1-2H3. The molecule has 2 rings (SSSR count). The van der Waals surface area contributed by atoms with Crippen molar-refractivity contribution >= 4 is 11.6 Å². The van der Waals surface area contributed by atoms with E-state index in [2.05, 4.69) is 17.2 Å². The Morgan fingerprint density at radius 1 is 1.38 bits per heavy atom. The molecule has 0 spiro atoms. The van der Waals surface area contributed by atoms with Gasteiger partial charge in [0.1, 0.15) is 5.02 Å². The van der Waals surface area contributed by atoms with Crippen LogP contribution in [-0.4, -0.2) is 11.5 Å². The van der Waals surface area contributed by atoms with Crippen molar-refractivity contribution in [3.63, 3.8) is 0 Å². The Morgan fingerprint density at radius 2 is 2.19 bits per heavy atom. The molecule has 0 aliphatic heterocycles. The Hall–Kier alpha value is -1.65. The van der Waals surface area contributed by atoms with Gasteiger partial charge in [0.2, 0.25) is 5.88 Å². The van der Waals surface area contributed by atoms with E-state index < -0.39 is 5.82 Å². The van der Waals surface area contributed by atoms with Crippen LogP contribution in [0.15, 0.2) is 30.5 Å². The van der Waals surface area contributed by atoms with Crippen LogP contribution in [0.1, 0.15) is 24.5 Å². The zero-order chi connectivity index (χ0) is 15.2. The summed E-state index contributed by atoms with van der Waals surface area (Å²) in [6.45, 7) is 5.41. The number of nitrogens with zero attached hydrogens (tertiary/aromatic N) is 1. The molecule has 0 unspecified atom stereocenters. The number of aryl methyl sites for hydroxylation is 1. The molecule has 0 aliphatic carbocycles. The highest BCUT2D eigenvalue weighted by Crippen LogP contribution is 2.30. The topological polar surface area (TPSA) is 34.2 Å². The second-order valence-corrected chi connectivity index (χ2v) is 5.20. The van der Waals surface area contributed by atoms with Crippen molar-refractivity contribution in [3.05, 3.63) is 52.4 Å². The summed E-state index contributed by atoms with van der Waals surface area (Å²) in [4.78, 5) is 4.16. The number of ether oxygens (including phenoxy) is 1. The van der Waals surface area contributed by atoms with Crippen LogP contribution in [0.5, 0.6) is 11.6 Å². The van der Waals surface area contributed by atoms with Crippen molar-refractivity contribution in [3.8, 4) is 11.6 Å². The molecular formula is C16H18ClFN2O. The third kappa shape index (κ3) is 4.16. The van der Waals surface area contributed by atoms with Gasteiger partial charge in [-0.25, -0.2) is 9.37 Å². The van der Waals surface area contributed by atoms with Crippen LogP contribution < -0.4 is 10.1 Å². The first-order valence-corrected chi connectivity index (χ1v) is 7.27. The highest BCUT2D eigenvalue weighted by Gasteiger charge is 2.11. The molecule has 0 aliphatic rings. The largest absolute Gasteiger partial charge is 0.434 e. The van der Waals surface area contributed by atoms with Crippen LogP contribution in [0.25, 0.3) is 0 Å². The minimum Gasteiger partial charge on any atom is -0.434 e. The van der Waals surface area contributed by atoms with E-state index in [0.29, 0.717) is 17.1 Å². The number of nitrogens with one attached hydrogen (secondary N) is 1. The van der Waals surface area contributed by atoms with E-state index in [1.54, 1.807) is 37.4 Å². The van der Waals surface area contributed by atoms with Gasteiger partial charge in [0.15, 0.2) is 11.6 Å². The molecule has 0 radical (unpaired) electrons. The third-order valence-corrected chi connectivity index (χ3v) is 3.25. The quantitative estimate of drug-likeness (QED) is 0.799. The molecule has 21 heavy (non-hydrogen) atoms. The fourth-order valence-corrected chi connectivity index (χ4v) is 2.08. The molecule has 1 heterocycles. The van der Waals surface area contributed by atoms with Crippen molar-refractivity contribution in [1.82, 2.24) is 10.3 Å². The Kier molecular flexibility index (Phi) is 5.53. The van der Waals surface area contributed by atoms with Gasteiger partial charge in [-0.3, -0.25) is 0 Å². The van der Waals surface area contributed by atoms with Crippen molar-refractivity contribution in [2.24, 2.45) is 0 Å². The highest BCUT2D eigenvalue weighted by molar-refractivity contribution is 6.31. The molecule has 1 N–H and O–H groups in total. The molecule has 1 aromatic heterocycles. The fourth-order valence-electron chi connectivity index (χ4n) is 1.85. The van der Waals surface area contributed by atoms with E-state index in [-0.39, 0.29) is 11.6 Å². The van der Waals surface area contributed by atoms with Crippen molar-refractivity contribution < 1.29 is 9.13 Å². The molecule has 1 aromatic carbocycles. The number of pyridine rings is 1. The predicted octanol–water partition coefficient (Wildman–Crippen LogP) is 4.47. The lowest BCUT2D eigenvalue weighted by Crippen LogP contribution is -2.13. The van der Waals surface area contributed by atoms with E-state index in [9.17, 15) is 4.39 Å². The summed E-state index contributed by atoms with van der Waals surface area (Å²) in [5.74, 6) is -0.0641. The maximum Gasteiger partial charge on any atom is 0.238 e. The van der Waals surface area contributed by atoms with Crippen molar-refractivity contribution in [1.29, 1.82) is 0 Å². The van der Waals surface area contributed by atoms with Gasteiger partial charge in [0, 0.05) is 12.7 Å². The van der Waals surface area contributed by atoms with Gasteiger partial charge >= 0.3 is 0 Å². The molecule has 3 nitrogen and oxygen atoms in total. The van der Waals surface area contributed by atoms with Gasteiger partial charge < -0.3 is 10.1 Å². The zero-order valence-corrected chi connectivity index (χ0v) is 12.9. The molecule has 5 heteroatoms. The molecule has 2 aromatic rings. The highest BCUT2D eigenvalue weighted by atomic mass is 35.5. The van der Waals surface area contributed by atoms with E-state index in [0.717, 1.165) is 18.5 Å². The lowest BCUT2D eigenvalue weighted by atomic mass is 10.2.